The van der Waals surface area contributed by atoms with Crippen molar-refractivity contribution in [2.45, 2.75) is 45.6 Å². The number of carbonyl (C=O) groups excluding carboxylic acids is 1. The van der Waals surface area contributed by atoms with Gasteiger partial charge in [0.1, 0.15) is 5.82 Å². The molecule has 164 valence electrons. The molecule has 1 aromatic heterocycles. The number of aromatic nitrogens is 1. The predicted molar refractivity (Wildman–Crippen MR) is 124 cm³/mol. The van der Waals surface area contributed by atoms with Gasteiger partial charge < -0.3 is 20.3 Å². The fourth-order valence-electron chi connectivity index (χ4n) is 5.15. The third kappa shape index (κ3) is 4.01. The van der Waals surface area contributed by atoms with E-state index in [0.29, 0.717) is 17.6 Å². The van der Waals surface area contributed by atoms with Gasteiger partial charge in [-0.05, 0) is 68.7 Å². The lowest BCUT2D eigenvalue weighted by atomic mass is 9.91. The van der Waals surface area contributed by atoms with Crippen LogP contribution >= 0.6 is 0 Å². The van der Waals surface area contributed by atoms with Crippen molar-refractivity contribution < 1.29 is 9.53 Å². The van der Waals surface area contributed by atoms with Crippen LogP contribution in [0.1, 0.15) is 48.5 Å². The molecule has 1 aromatic carbocycles. The average Bonchev–Trinajstić information content (AvgIpc) is 3.52. The molecule has 3 heterocycles. The number of carbonyl (C=O) groups is 1. The third-order valence-electron chi connectivity index (χ3n) is 7.20. The van der Waals surface area contributed by atoms with E-state index in [4.69, 9.17) is 15.5 Å². The molecule has 1 saturated carbocycles. The van der Waals surface area contributed by atoms with E-state index < -0.39 is 0 Å². The summed E-state index contributed by atoms with van der Waals surface area (Å²) in [5, 5.41) is 0. The zero-order valence-electron chi connectivity index (χ0n) is 18.6. The van der Waals surface area contributed by atoms with E-state index in [9.17, 15) is 4.79 Å². The van der Waals surface area contributed by atoms with Gasteiger partial charge in [0.25, 0.3) is 5.91 Å². The Morgan fingerprint density at radius 2 is 1.90 bits per heavy atom. The second kappa shape index (κ2) is 7.83. The summed E-state index contributed by atoms with van der Waals surface area (Å²) in [7, 11) is 0. The predicted octanol–water partition coefficient (Wildman–Crippen LogP) is 3.76. The molecule has 0 unspecified atom stereocenters. The summed E-state index contributed by atoms with van der Waals surface area (Å²) in [6, 6.07) is 10.1. The van der Waals surface area contributed by atoms with Gasteiger partial charge in [0.05, 0.1) is 29.7 Å². The van der Waals surface area contributed by atoms with Crippen LogP contribution in [0, 0.1) is 12.3 Å². The number of nitrogens with zero attached hydrogens (tertiary/aromatic N) is 3. The van der Waals surface area contributed by atoms with Crippen LogP contribution in [0.4, 0.5) is 11.5 Å². The topological polar surface area (TPSA) is 71.7 Å². The second-order valence-electron chi connectivity index (χ2n) is 9.57. The smallest absolute Gasteiger partial charge is 0.250 e. The van der Waals surface area contributed by atoms with Crippen molar-refractivity contribution in [1.29, 1.82) is 0 Å². The molecule has 2 aromatic rings. The van der Waals surface area contributed by atoms with Crippen molar-refractivity contribution in [3.8, 4) is 11.3 Å². The number of morpholine rings is 1. The average molecular weight is 421 g/mol. The van der Waals surface area contributed by atoms with Gasteiger partial charge in [-0.25, -0.2) is 4.98 Å². The first-order chi connectivity index (χ1) is 14.9. The number of primary amides is 1. The van der Waals surface area contributed by atoms with Crippen LogP contribution in [0.3, 0.4) is 0 Å². The Morgan fingerprint density at radius 1 is 1.13 bits per heavy atom. The van der Waals surface area contributed by atoms with E-state index >= 15 is 0 Å². The molecule has 6 heteroatoms. The zero-order valence-corrected chi connectivity index (χ0v) is 18.6. The molecule has 1 atom stereocenters. The Kier molecular flexibility index (Phi) is 5.13. The highest BCUT2D eigenvalue weighted by Gasteiger charge is 2.45. The molecule has 1 spiro atoms. The highest BCUT2D eigenvalue weighted by atomic mass is 16.5. The minimum absolute atomic E-state index is 0.191. The number of nitrogens with two attached hydrogens (primary N) is 1. The first-order valence-corrected chi connectivity index (χ1v) is 11.5. The van der Waals surface area contributed by atoms with Gasteiger partial charge in [-0.3, -0.25) is 4.79 Å². The molecule has 2 N–H and O–H groups in total. The molecule has 1 amide bonds. The lowest BCUT2D eigenvalue weighted by Crippen LogP contribution is -2.41. The SMILES string of the molecule is Cc1cc(-c2cccc(C(N)=O)c2N2CCC3(CC2)CC3)nc(N2CCO[C@H](C)C2)c1. The lowest BCUT2D eigenvalue weighted by molar-refractivity contribution is 0.0529. The molecule has 5 rings (SSSR count). The summed E-state index contributed by atoms with van der Waals surface area (Å²) in [6.45, 7) is 8.52. The summed E-state index contributed by atoms with van der Waals surface area (Å²) in [5.74, 6) is 0.592. The molecule has 0 radical (unpaired) electrons. The van der Waals surface area contributed by atoms with Gasteiger partial charge in [-0.2, -0.15) is 0 Å². The number of anilines is 2. The minimum Gasteiger partial charge on any atom is -0.375 e. The van der Waals surface area contributed by atoms with Crippen LogP contribution in [-0.4, -0.2) is 49.8 Å². The molecule has 3 aliphatic rings. The molecular weight excluding hydrogens is 388 g/mol. The number of pyridine rings is 1. The Bertz CT molecular complexity index is 991. The van der Waals surface area contributed by atoms with Gasteiger partial charge in [-0.1, -0.05) is 12.1 Å². The second-order valence-corrected chi connectivity index (χ2v) is 9.57. The summed E-state index contributed by atoms with van der Waals surface area (Å²) in [5.41, 5.74) is 11.0. The van der Waals surface area contributed by atoms with Crippen molar-refractivity contribution in [3.63, 3.8) is 0 Å². The van der Waals surface area contributed by atoms with Crippen molar-refractivity contribution in [1.82, 2.24) is 4.98 Å². The standard InChI is InChI=1S/C25H32N4O2/c1-17-14-21(27-22(15-17)29-12-13-31-18(2)16-29)19-4-3-5-20(24(26)30)23(19)28-10-8-25(6-7-25)9-11-28/h3-5,14-15,18H,6-13,16H2,1-2H3,(H2,26,30)/t18-/m1/s1. The van der Waals surface area contributed by atoms with E-state index in [1.54, 1.807) is 0 Å². The summed E-state index contributed by atoms with van der Waals surface area (Å²) < 4.78 is 5.71. The van der Waals surface area contributed by atoms with Crippen molar-refractivity contribution in [2.24, 2.45) is 11.1 Å². The number of ether oxygens (including phenoxy) is 1. The lowest BCUT2D eigenvalue weighted by Gasteiger charge is -2.36. The fraction of sp³-hybridized carbons (Fsp3) is 0.520. The molecule has 2 aliphatic heterocycles. The Hall–Kier alpha value is -2.60. The first kappa shape index (κ1) is 20.3. The van der Waals surface area contributed by atoms with E-state index in [0.717, 1.165) is 54.5 Å². The van der Waals surface area contributed by atoms with Crippen LogP contribution < -0.4 is 15.5 Å². The van der Waals surface area contributed by atoms with Crippen LogP contribution in [-0.2, 0) is 4.74 Å². The fourth-order valence-corrected chi connectivity index (χ4v) is 5.15. The van der Waals surface area contributed by atoms with Gasteiger partial charge in [0, 0.05) is 31.7 Å². The van der Waals surface area contributed by atoms with Gasteiger partial charge in [-0.15, -0.1) is 0 Å². The molecular formula is C25H32N4O2. The van der Waals surface area contributed by atoms with Gasteiger partial charge in [0.15, 0.2) is 0 Å². The van der Waals surface area contributed by atoms with Crippen LogP contribution in [0.15, 0.2) is 30.3 Å². The monoisotopic (exact) mass is 420 g/mol. The summed E-state index contributed by atoms with van der Waals surface area (Å²) in [4.78, 5) is 22.1. The summed E-state index contributed by atoms with van der Waals surface area (Å²) >= 11 is 0. The van der Waals surface area contributed by atoms with E-state index in [1.165, 1.54) is 25.7 Å². The van der Waals surface area contributed by atoms with E-state index in [2.05, 4.69) is 41.8 Å². The van der Waals surface area contributed by atoms with Gasteiger partial charge in [0.2, 0.25) is 0 Å². The molecule has 0 bridgehead atoms. The number of benzene rings is 1. The van der Waals surface area contributed by atoms with E-state index in [-0.39, 0.29) is 12.0 Å². The zero-order chi connectivity index (χ0) is 21.6. The largest absolute Gasteiger partial charge is 0.375 e. The first-order valence-electron chi connectivity index (χ1n) is 11.5. The molecule has 3 fully saturated rings. The number of hydrogen-bond acceptors (Lipinski definition) is 5. The Balaban J connectivity index is 1.55. The number of amides is 1. The highest BCUT2D eigenvalue weighted by Crippen LogP contribution is 2.54. The van der Waals surface area contributed by atoms with Crippen LogP contribution in [0.25, 0.3) is 11.3 Å². The van der Waals surface area contributed by atoms with Gasteiger partial charge >= 0.3 is 0 Å². The third-order valence-corrected chi connectivity index (χ3v) is 7.20. The Labute approximate surface area is 184 Å². The van der Waals surface area contributed by atoms with Crippen LogP contribution in [0.5, 0.6) is 0 Å². The van der Waals surface area contributed by atoms with E-state index in [1.807, 2.05) is 12.1 Å². The normalized spacial score (nSPS) is 22.6. The number of para-hydroxylation sites is 1. The summed E-state index contributed by atoms with van der Waals surface area (Å²) in [6.07, 6.45) is 5.28. The van der Waals surface area contributed by atoms with Crippen LogP contribution in [0.2, 0.25) is 0 Å². The number of hydrogen-bond donors (Lipinski definition) is 1. The number of aryl methyl sites for hydroxylation is 1. The highest BCUT2D eigenvalue weighted by molar-refractivity contribution is 6.02. The number of piperidine rings is 1. The minimum atomic E-state index is -0.376. The quantitative estimate of drug-likeness (QED) is 0.815. The Morgan fingerprint density at radius 3 is 2.58 bits per heavy atom. The van der Waals surface area contributed by atoms with Crippen molar-refractivity contribution in [3.05, 3.63) is 41.5 Å². The number of rotatable bonds is 4. The van der Waals surface area contributed by atoms with Crippen molar-refractivity contribution >= 4 is 17.4 Å². The molecule has 1 aliphatic carbocycles. The maximum atomic E-state index is 12.4. The molecule has 6 nitrogen and oxygen atoms in total. The molecule has 2 saturated heterocycles. The maximum absolute atomic E-state index is 12.4. The molecule has 31 heavy (non-hydrogen) atoms. The maximum Gasteiger partial charge on any atom is 0.250 e. The van der Waals surface area contributed by atoms with Crippen molar-refractivity contribution in [2.75, 3.05) is 42.6 Å².